The largest absolute Gasteiger partial charge is 0.431 e. The van der Waals surface area contributed by atoms with Crippen molar-refractivity contribution in [3.63, 3.8) is 0 Å². The van der Waals surface area contributed by atoms with E-state index >= 15 is 0 Å². The van der Waals surface area contributed by atoms with Crippen LogP contribution < -0.4 is 5.32 Å². The van der Waals surface area contributed by atoms with Crippen molar-refractivity contribution in [2.45, 2.75) is 35.4 Å². The van der Waals surface area contributed by atoms with Crippen molar-refractivity contribution in [3.8, 4) is 6.07 Å². The van der Waals surface area contributed by atoms with Crippen LogP contribution in [0.5, 0.6) is 0 Å². The molecule has 0 radical (unpaired) electrons. The molecule has 27 heavy (non-hydrogen) atoms. The molecule has 1 atom stereocenters. The zero-order chi connectivity index (χ0) is 19.8. The van der Waals surface area contributed by atoms with E-state index in [0.717, 1.165) is 28.9 Å². The average molecular weight is 409 g/mol. The number of benzene rings is 1. The molecule has 0 unspecified atom stereocenters. The molecular weight excluding hydrogens is 388 g/mol. The summed E-state index contributed by atoms with van der Waals surface area (Å²) in [6.45, 7) is 1.74. The summed E-state index contributed by atoms with van der Waals surface area (Å²) >= 11 is 1.10. The number of oxazole rings is 1. The predicted octanol–water partition coefficient (Wildman–Crippen LogP) is 1.98. The Morgan fingerprint density at radius 3 is 2.78 bits per heavy atom. The number of carbonyl (C=O) groups is 1. The van der Waals surface area contributed by atoms with Gasteiger partial charge >= 0.3 is 0 Å². The third-order valence-corrected chi connectivity index (χ3v) is 7.11. The number of amides is 1. The topological polar surface area (TPSA) is 116 Å². The van der Waals surface area contributed by atoms with Gasteiger partial charge in [0.1, 0.15) is 11.1 Å². The molecular formula is C17H20N4O4S2. The normalized spacial score (nSPS) is 16.9. The lowest BCUT2D eigenvalue weighted by Gasteiger charge is -2.22. The van der Waals surface area contributed by atoms with Gasteiger partial charge < -0.3 is 9.73 Å². The van der Waals surface area contributed by atoms with Crippen LogP contribution in [0.2, 0.25) is 0 Å². The Hall–Kier alpha value is -2.09. The molecule has 0 saturated heterocycles. The van der Waals surface area contributed by atoms with Crippen molar-refractivity contribution in [3.05, 3.63) is 18.2 Å². The molecule has 1 aromatic heterocycles. The van der Waals surface area contributed by atoms with Gasteiger partial charge in [-0.2, -0.15) is 5.26 Å². The van der Waals surface area contributed by atoms with Gasteiger partial charge in [-0.25, -0.2) is 17.7 Å². The smallest absolute Gasteiger partial charge is 0.257 e. The molecule has 2 aromatic rings. The Kier molecular flexibility index (Phi) is 5.20. The molecule has 0 spiro atoms. The van der Waals surface area contributed by atoms with E-state index in [1.807, 2.05) is 0 Å². The number of hydrogen-bond donors (Lipinski definition) is 1. The Morgan fingerprint density at radius 2 is 2.19 bits per heavy atom. The number of aromatic nitrogens is 1. The number of hydrogen-bond acceptors (Lipinski definition) is 7. The number of nitrogens with zero attached hydrogens (tertiary/aromatic N) is 3. The molecule has 1 heterocycles. The van der Waals surface area contributed by atoms with Gasteiger partial charge in [0.25, 0.3) is 5.22 Å². The highest BCUT2D eigenvalue weighted by Gasteiger charge is 2.42. The monoisotopic (exact) mass is 408 g/mol. The molecule has 8 nitrogen and oxygen atoms in total. The summed E-state index contributed by atoms with van der Waals surface area (Å²) in [5, 5.41) is 12.3. The zero-order valence-corrected chi connectivity index (χ0v) is 16.9. The number of rotatable bonds is 7. The first-order valence-corrected chi connectivity index (χ1v) is 10.8. The maximum absolute atomic E-state index is 12.2. The molecule has 1 N–H and O–H groups in total. The fourth-order valence-corrected chi connectivity index (χ4v) is 4.21. The van der Waals surface area contributed by atoms with E-state index in [4.69, 9.17) is 4.42 Å². The van der Waals surface area contributed by atoms with Gasteiger partial charge in [-0.3, -0.25) is 4.79 Å². The van der Waals surface area contributed by atoms with E-state index < -0.39 is 15.6 Å². The van der Waals surface area contributed by atoms with Crippen LogP contribution >= 0.6 is 11.8 Å². The van der Waals surface area contributed by atoms with Gasteiger partial charge in [0.05, 0.1) is 16.7 Å². The summed E-state index contributed by atoms with van der Waals surface area (Å²) in [7, 11) is -0.646. The first-order chi connectivity index (χ1) is 12.7. The van der Waals surface area contributed by atoms with Crippen LogP contribution in [0.1, 0.15) is 19.8 Å². The second-order valence-electron chi connectivity index (χ2n) is 6.82. The number of sulfonamides is 1. The summed E-state index contributed by atoms with van der Waals surface area (Å²) < 4.78 is 31.1. The van der Waals surface area contributed by atoms with E-state index in [1.165, 1.54) is 26.2 Å². The highest BCUT2D eigenvalue weighted by atomic mass is 32.2. The minimum Gasteiger partial charge on any atom is -0.431 e. The van der Waals surface area contributed by atoms with Gasteiger partial charge in [0.2, 0.25) is 15.9 Å². The van der Waals surface area contributed by atoms with E-state index in [-0.39, 0.29) is 27.7 Å². The van der Waals surface area contributed by atoms with Crippen LogP contribution in [0, 0.1) is 17.2 Å². The first kappa shape index (κ1) is 19.7. The molecule has 3 rings (SSSR count). The van der Waals surface area contributed by atoms with Gasteiger partial charge in [0.15, 0.2) is 5.58 Å². The van der Waals surface area contributed by atoms with Crippen LogP contribution in [0.15, 0.2) is 32.7 Å². The molecule has 1 saturated carbocycles. The molecule has 144 valence electrons. The number of thioether (sulfide) groups is 1. The molecule has 1 fully saturated rings. The van der Waals surface area contributed by atoms with E-state index in [0.29, 0.717) is 11.1 Å². The van der Waals surface area contributed by atoms with Gasteiger partial charge in [-0.1, -0.05) is 11.8 Å². The molecule has 1 aliphatic carbocycles. The summed E-state index contributed by atoms with van der Waals surface area (Å²) in [6, 6.07) is 6.62. The first-order valence-electron chi connectivity index (χ1n) is 8.34. The summed E-state index contributed by atoms with van der Waals surface area (Å²) in [4.78, 5) is 16.5. The molecule has 1 amide bonds. The Labute approximate surface area is 162 Å². The predicted molar refractivity (Wildman–Crippen MR) is 100 cm³/mol. The fourth-order valence-electron chi connectivity index (χ4n) is 2.65. The zero-order valence-electron chi connectivity index (χ0n) is 15.2. The number of carbonyl (C=O) groups excluding carboxylic acids is 1. The molecule has 1 aromatic carbocycles. The van der Waals surface area contributed by atoms with Crippen molar-refractivity contribution in [1.82, 2.24) is 14.6 Å². The molecule has 0 bridgehead atoms. The maximum Gasteiger partial charge on any atom is 0.257 e. The highest BCUT2D eigenvalue weighted by Crippen LogP contribution is 2.39. The van der Waals surface area contributed by atoms with Crippen molar-refractivity contribution >= 4 is 38.8 Å². The number of nitriles is 1. The molecule has 0 aliphatic heterocycles. The Morgan fingerprint density at radius 1 is 1.48 bits per heavy atom. The number of fused-ring (bicyclic) bond motifs is 1. The van der Waals surface area contributed by atoms with E-state index in [1.54, 1.807) is 13.0 Å². The third kappa shape index (κ3) is 4.10. The second-order valence-corrected chi connectivity index (χ2v) is 9.90. The van der Waals surface area contributed by atoms with Crippen LogP contribution in [0.3, 0.4) is 0 Å². The van der Waals surface area contributed by atoms with Crippen LogP contribution in [-0.4, -0.2) is 49.0 Å². The molecule has 10 heteroatoms. The fraction of sp³-hybridized carbons (Fsp3) is 0.471. The van der Waals surface area contributed by atoms with Crippen molar-refractivity contribution < 1.29 is 17.6 Å². The number of nitrogens with one attached hydrogen (secondary N) is 1. The maximum atomic E-state index is 12.2. The van der Waals surface area contributed by atoms with Gasteiger partial charge in [-0.05, 0) is 43.9 Å². The van der Waals surface area contributed by atoms with Crippen LogP contribution in [-0.2, 0) is 14.8 Å². The van der Waals surface area contributed by atoms with Crippen LogP contribution in [0.25, 0.3) is 11.1 Å². The summed E-state index contributed by atoms with van der Waals surface area (Å²) in [5.74, 6) is -0.00781. The summed E-state index contributed by atoms with van der Waals surface area (Å²) in [6.07, 6.45) is 1.89. The Balaban J connectivity index is 1.69. The van der Waals surface area contributed by atoms with Crippen molar-refractivity contribution in [1.29, 1.82) is 5.26 Å². The third-order valence-electron chi connectivity index (χ3n) is 4.47. The lowest BCUT2D eigenvalue weighted by atomic mass is 9.98. The quantitative estimate of drug-likeness (QED) is 0.696. The van der Waals surface area contributed by atoms with Crippen molar-refractivity contribution in [2.24, 2.45) is 5.92 Å². The SMILES string of the molecule is CN(C)S(=O)(=O)c1ccc2oc(SCC(=O)N[C@](C)(C#N)C3CC3)nc2c1. The minimum atomic E-state index is -3.56. The standard InChI is InChI=1S/C17H20N4O4S2/c1-17(10-18,11-4-5-11)20-15(22)9-26-16-19-13-8-12(6-7-14(13)25-16)27(23,24)21(2)3/h6-8,11H,4-5,9H2,1-3H3,(H,20,22)/t17-/m1/s1. The Bertz CT molecular complexity index is 1020. The van der Waals surface area contributed by atoms with Crippen LogP contribution in [0.4, 0.5) is 0 Å². The summed E-state index contributed by atoms with van der Waals surface area (Å²) in [5.41, 5.74) is 0.00474. The highest BCUT2D eigenvalue weighted by molar-refractivity contribution is 7.99. The van der Waals surface area contributed by atoms with Gasteiger partial charge in [0, 0.05) is 14.1 Å². The molecule has 1 aliphatic rings. The second kappa shape index (κ2) is 7.14. The lowest BCUT2D eigenvalue weighted by Crippen LogP contribution is -2.47. The lowest BCUT2D eigenvalue weighted by molar-refractivity contribution is -0.119. The van der Waals surface area contributed by atoms with Crippen molar-refractivity contribution in [2.75, 3.05) is 19.8 Å². The van der Waals surface area contributed by atoms with E-state index in [9.17, 15) is 18.5 Å². The average Bonchev–Trinajstić information content (AvgIpc) is 3.39. The minimum absolute atomic E-state index is 0.0552. The van der Waals surface area contributed by atoms with E-state index in [2.05, 4.69) is 16.4 Å². The van der Waals surface area contributed by atoms with Gasteiger partial charge in [-0.15, -0.1) is 0 Å².